The average Bonchev–Trinajstić information content (AvgIpc) is 2.53. The number of aromatic nitrogens is 2. The van der Waals surface area contributed by atoms with Crippen LogP contribution in [0.4, 0.5) is 26.3 Å². The third kappa shape index (κ3) is 3.65. The van der Waals surface area contributed by atoms with Gasteiger partial charge in [0.2, 0.25) is 0 Å². The van der Waals surface area contributed by atoms with E-state index in [1.807, 2.05) is 0 Å². The Kier molecular flexibility index (Phi) is 5.04. The molecule has 26 heavy (non-hydrogen) atoms. The Labute approximate surface area is 151 Å². The topological polar surface area (TPSA) is 25.8 Å². The van der Waals surface area contributed by atoms with Gasteiger partial charge < -0.3 is 0 Å². The van der Waals surface area contributed by atoms with Crippen molar-refractivity contribution in [3.8, 4) is 11.4 Å². The number of nitrogens with zero attached hydrogens (tertiary/aromatic N) is 2. The molecule has 2 nitrogen and oxygen atoms in total. The zero-order valence-corrected chi connectivity index (χ0v) is 14.8. The van der Waals surface area contributed by atoms with Crippen LogP contribution in [0.15, 0.2) is 36.4 Å². The quantitative estimate of drug-likeness (QED) is 0.468. The first-order valence-electron chi connectivity index (χ1n) is 7.46. The standard InChI is InChI=1S/C17H15ClF6N2/c1-14(2,3)11-9-12(15(19,20)16(21,22)17(18,23)24)26-13(25-11)10-7-5-4-6-8-10/h4-9H,1-3H3. The van der Waals surface area contributed by atoms with E-state index in [0.717, 1.165) is 0 Å². The first-order valence-corrected chi connectivity index (χ1v) is 7.83. The minimum atomic E-state index is -5.85. The van der Waals surface area contributed by atoms with E-state index in [1.165, 1.54) is 12.1 Å². The predicted octanol–water partition coefficient (Wildman–Crippen LogP) is 6.00. The van der Waals surface area contributed by atoms with Crippen molar-refractivity contribution in [2.24, 2.45) is 0 Å². The van der Waals surface area contributed by atoms with Crippen LogP contribution in [0.5, 0.6) is 0 Å². The van der Waals surface area contributed by atoms with Crippen molar-refractivity contribution in [1.82, 2.24) is 9.97 Å². The van der Waals surface area contributed by atoms with Crippen molar-refractivity contribution in [2.45, 2.75) is 43.4 Å². The molecule has 1 aromatic heterocycles. The van der Waals surface area contributed by atoms with Crippen LogP contribution in [-0.2, 0) is 11.3 Å². The van der Waals surface area contributed by atoms with Crippen LogP contribution in [0.2, 0.25) is 0 Å². The molecule has 0 aliphatic rings. The zero-order valence-electron chi connectivity index (χ0n) is 14.0. The number of alkyl halides is 7. The molecule has 0 spiro atoms. The average molecular weight is 397 g/mol. The highest BCUT2D eigenvalue weighted by molar-refractivity contribution is 6.22. The van der Waals surface area contributed by atoms with Crippen LogP contribution >= 0.6 is 11.6 Å². The van der Waals surface area contributed by atoms with Crippen molar-refractivity contribution in [3.63, 3.8) is 0 Å². The fourth-order valence-electron chi connectivity index (χ4n) is 2.05. The second kappa shape index (κ2) is 6.40. The lowest BCUT2D eigenvalue weighted by Gasteiger charge is -2.30. The highest BCUT2D eigenvalue weighted by Crippen LogP contribution is 2.52. The van der Waals surface area contributed by atoms with E-state index in [0.29, 0.717) is 6.07 Å². The molecule has 0 unspecified atom stereocenters. The first-order chi connectivity index (χ1) is 11.7. The van der Waals surface area contributed by atoms with E-state index in [2.05, 4.69) is 21.6 Å². The number of halogens is 7. The minimum Gasteiger partial charge on any atom is -0.233 e. The van der Waals surface area contributed by atoms with Crippen LogP contribution in [0.3, 0.4) is 0 Å². The second-order valence-corrected chi connectivity index (χ2v) is 7.20. The van der Waals surface area contributed by atoms with Gasteiger partial charge in [-0.15, -0.1) is 0 Å². The molecule has 2 aromatic rings. The van der Waals surface area contributed by atoms with Crippen molar-refractivity contribution in [3.05, 3.63) is 47.8 Å². The molecule has 0 N–H and O–H groups in total. The second-order valence-electron chi connectivity index (χ2n) is 6.72. The van der Waals surface area contributed by atoms with Crippen LogP contribution in [0, 0.1) is 0 Å². The summed E-state index contributed by atoms with van der Waals surface area (Å²) in [7, 11) is 0. The fourth-order valence-corrected chi connectivity index (χ4v) is 2.17. The maximum absolute atomic E-state index is 14.3. The summed E-state index contributed by atoms with van der Waals surface area (Å²) < 4.78 is 81.8. The van der Waals surface area contributed by atoms with Gasteiger partial charge in [0, 0.05) is 11.0 Å². The monoisotopic (exact) mass is 396 g/mol. The molecule has 142 valence electrons. The molecule has 2 rings (SSSR count). The summed E-state index contributed by atoms with van der Waals surface area (Å²) in [4.78, 5) is 7.56. The molecular weight excluding hydrogens is 382 g/mol. The normalized spacial score (nSPS) is 13.8. The summed E-state index contributed by atoms with van der Waals surface area (Å²) >= 11 is 4.24. The SMILES string of the molecule is CC(C)(C)c1cc(C(F)(F)C(F)(F)C(F)(F)Cl)nc(-c2ccccc2)n1. The molecule has 9 heteroatoms. The Balaban J connectivity index is 2.73. The highest BCUT2D eigenvalue weighted by atomic mass is 35.5. The Morgan fingerprint density at radius 1 is 0.808 bits per heavy atom. The van der Waals surface area contributed by atoms with Gasteiger partial charge in [-0.1, -0.05) is 51.1 Å². The number of hydrogen-bond acceptors (Lipinski definition) is 2. The van der Waals surface area contributed by atoms with E-state index < -0.39 is 28.3 Å². The summed E-state index contributed by atoms with van der Waals surface area (Å²) in [5, 5.41) is -5.46. The first kappa shape index (κ1) is 20.5. The summed E-state index contributed by atoms with van der Waals surface area (Å²) in [6.45, 7) is 4.83. The van der Waals surface area contributed by atoms with Gasteiger partial charge in [-0.25, -0.2) is 9.97 Å². The van der Waals surface area contributed by atoms with Crippen molar-refractivity contribution >= 4 is 11.6 Å². The van der Waals surface area contributed by atoms with E-state index in [-0.39, 0.29) is 17.1 Å². The molecule has 0 radical (unpaired) electrons. The third-order valence-corrected chi connectivity index (χ3v) is 3.84. The van der Waals surface area contributed by atoms with E-state index >= 15 is 0 Å². The van der Waals surface area contributed by atoms with Crippen LogP contribution in [0.25, 0.3) is 11.4 Å². The van der Waals surface area contributed by atoms with Crippen molar-refractivity contribution < 1.29 is 26.3 Å². The molecule has 0 atom stereocenters. The molecule has 0 saturated carbocycles. The van der Waals surface area contributed by atoms with Crippen LogP contribution in [-0.4, -0.2) is 21.3 Å². The predicted molar refractivity (Wildman–Crippen MR) is 85.8 cm³/mol. The Morgan fingerprint density at radius 2 is 1.31 bits per heavy atom. The molecular formula is C17H15ClF6N2. The molecule has 0 saturated heterocycles. The number of benzene rings is 1. The van der Waals surface area contributed by atoms with Gasteiger partial charge in [-0.05, 0) is 17.7 Å². The van der Waals surface area contributed by atoms with Crippen molar-refractivity contribution in [2.75, 3.05) is 0 Å². The molecule has 0 aliphatic heterocycles. The molecule has 0 amide bonds. The van der Waals surface area contributed by atoms with E-state index in [4.69, 9.17) is 0 Å². The molecule has 0 aliphatic carbocycles. The summed E-state index contributed by atoms with van der Waals surface area (Å²) in [5.74, 6) is -11.4. The van der Waals surface area contributed by atoms with Gasteiger partial charge in [0.15, 0.2) is 5.82 Å². The maximum atomic E-state index is 14.3. The van der Waals surface area contributed by atoms with E-state index in [1.54, 1.807) is 39.0 Å². The molecule has 1 heterocycles. The summed E-state index contributed by atoms with van der Waals surface area (Å²) in [5.41, 5.74) is -2.08. The largest absolute Gasteiger partial charge is 0.392 e. The Hall–Kier alpha value is -1.83. The number of hydrogen-bond donors (Lipinski definition) is 0. The highest BCUT2D eigenvalue weighted by Gasteiger charge is 2.72. The fraction of sp³-hybridized carbons (Fsp3) is 0.412. The number of rotatable bonds is 4. The molecule has 0 bridgehead atoms. The summed E-state index contributed by atoms with van der Waals surface area (Å²) in [6.07, 6.45) is 0. The third-order valence-electron chi connectivity index (χ3n) is 3.60. The Bertz CT molecular complexity index is 782. The van der Waals surface area contributed by atoms with Gasteiger partial charge >= 0.3 is 17.2 Å². The lowest BCUT2D eigenvalue weighted by molar-refractivity contribution is -0.287. The van der Waals surface area contributed by atoms with Gasteiger partial charge in [-0.3, -0.25) is 0 Å². The maximum Gasteiger partial charge on any atom is 0.392 e. The van der Waals surface area contributed by atoms with Gasteiger partial charge in [0.1, 0.15) is 5.69 Å². The van der Waals surface area contributed by atoms with Crippen LogP contribution in [0.1, 0.15) is 32.2 Å². The van der Waals surface area contributed by atoms with Crippen molar-refractivity contribution in [1.29, 1.82) is 0 Å². The molecule has 0 fully saturated rings. The summed E-state index contributed by atoms with van der Waals surface area (Å²) in [6, 6.07) is 8.36. The van der Waals surface area contributed by atoms with Gasteiger partial charge in [-0.2, -0.15) is 26.3 Å². The minimum absolute atomic E-state index is 0.00489. The lowest BCUT2D eigenvalue weighted by Crippen LogP contribution is -2.50. The zero-order chi connectivity index (χ0) is 20.0. The smallest absolute Gasteiger partial charge is 0.233 e. The van der Waals surface area contributed by atoms with Crippen LogP contribution < -0.4 is 0 Å². The van der Waals surface area contributed by atoms with Gasteiger partial charge in [0.25, 0.3) is 0 Å². The lowest BCUT2D eigenvalue weighted by atomic mass is 9.90. The molecule has 1 aromatic carbocycles. The Morgan fingerprint density at radius 3 is 1.77 bits per heavy atom. The van der Waals surface area contributed by atoms with E-state index in [9.17, 15) is 26.3 Å². The van der Waals surface area contributed by atoms with Gasteiger partial charge in [0.05, 0.1) is 5.69 Å².